The second-order valence-corrected chi connectivity index (χ2v) is 5.00. The van der Waals surface area contributed by atoms with Crippen LogP contribution in [-0.4, -0.2) is 15.2 Å². The van der Waals surface area contributed by atoms with Crippen LogP contribution in [0, 0.1) is 0 Å². The van der Waals surface area contributed by atoms with Gasteiger partial charge in [-0.1, -0.05) is 41.9 Å². The maximum atomic E-state index is 6.23. The molecule has 7 heteroatoms. The average Bonchev–Trinajstić information content (AvgIpc) is 2.92. The van der Waals surface area contributed by atoms with Crippen molar-refractivity contribution in [2.75, 3.05) is 11.1 Å². The van der Waals surface area contributed by atoms with Gasteiger partial charge in [0.15, 0.2) is 0 Å². The summed E-state index contributed by atoms with van der Waals surface area (Å²) in [7, 11) is 0. The van der Waals surface area contributed by atoms with Gasteiger partial charge in [-0.15, -0.1) is 5.10 Å². The second kappa shape index (κ2) is 6.36. The topological polar surface area (TPSA) is 88.8 Å². The maximum Gasteiger partial charge on any atom is 0.248 e. The van der Waals surface area contributed by atoms with Crippen LogP contribution in [0.4, 0.5) is 17.6 Å². The molecule has 0 aliphatic rings. The van der Waals surface area contributed by atoms with Gasteiger partial charge < -0.3 is 15.8 Å². The summed E-state index contributed by atoms with van der Waals surface area (Å²) in [6.45, 7) is 0.463. The highest BCUT2D eigenvalue weighted by atomic mass is 35.5. The summed E-state index contributed by atoms with van der Waals surface area (Å²) in [5, 5.41) is 9.94. The molecule has 0 radical (unpaired) electrons. The number of anilines is 3. The number of rotatable bonds is 5. The van der Waals surface area contributed by atoms with E-state index >= 15 is 0 Å². The van der Waals surface area contributed by atoms with Crippen LogP contribution < -0.4 is 15.8 Å². The number of aromatic amines is 1. The van der Waals surface area contributed by atoms with Crippen molar-refractivity contribution < 1.29 is 4.74 Å². The Bertz CT molecular complexity index is 760. The van der Waals surface area contributed by atoms with E-state index in [0.717, 1.165) is 11.3 Å². The number of hydrogen-bond acceptors (Lipinski definition) is 5. The lowest BCUT2D eigenvalue weighted by atomic mass is 10.2. The number of nitrogens with one attached hydrogen (secondary N) is 2. The van der Waals surface area contributed by atoms with Crippen LogP contribution in [0.15, 0.2) is 48.5 Å². The number of aromatic nitrogens is 3. The van der Waals surface area contributed by atoms with Gasteiger partial charge in [0.25, 0.3) is 0 Å². The first kappa shape index (κ1) is 14.2. The van der Waals surface area contributed by atoms with Crippen molar-refractivity contribution in [3.05, 3.63) is 59.1 Å². The van der Waals surface area contributed by atoms with Crippen molar-refractivity contribution in [1.29, 1.82) is 0 Å². The number of halogens is 1. The highest BCUT2D eigenvalue weighted by Crippen LogP contribution is 2.29. The third-order valence-corrected chi connectivity index (χ3v) is 3.22. The third-order valence-electron chi connectivity index (χ3n) is 2.93. The summed E-state index contributed by atoms with van der Waals surface area (Å²) in [4.78, 5) is 3.96. The minimum atomic E-state index is 0.247. The molecule has 1 aromatic heterocycles. The number of ether oxygens (including phenoxy) is 1. The molecule has 0 spiro atoms. The third kappa shape index (κ3) is 3.48. The summed E-state index contributed by atoms with van der Waals surface area (Å²) < 4.78 is 5.72. The summed E-state index contributed by atoms with van der Waals surface area (Å²) >= 11 is 6.23. The summed E-state index contributed by atoms with van der Waals surface area (Å²) in [5.41, 5.74) is 7.29. The summed E-state index contributed by atoms with van der Waals surface area (Å²) in [5.74, 6) is 1.24. The van der Waals surface area contributed by atoms with E-state index in [9.17, 15) is 0 Å². The van der Waals surface area contributed by atoms with E-state index in [1.54, 1.807) is 12.1 Å². The molecule has 0 atom stereocenters. The molecule has 0 amide bonds. The lowest BCUT2D eigenvalue weighted by molar-refractivity contribution is 0.306. The van der Waals surface area contributed by atoms with Gasteiger partial charge in [0.2, 0.25) is 11.9 Å². The van der Waals surface area contributed by atoms with Gasteiger partial charge in [0, 0.05) is 5.69 Å². The van der Waals surface area contributed by atoms with Crippen molar-refractivity contribution in [2.24, 2.45) is 0 Å². The van der Waals surface area contributed by atoms with Crippen molar-refractivity contribution in [2.45, 2.75) is 6.61 Å². The van der Waals surface area contributed by atoms with E-state index in [1.807, 2.05) is 36.4 Å². The van der Waals surface area contributed by atoms with Crippen LogP contribution in [-0.2, 0) is 6.61 Å². The zero-order chi connectivity index (χ0) is 15.4. The van der Waals surface area contributed by atoms with Gasteiger partial charge in [0.05, 0.1) is 5.02 Å². The zero-order valence-electron chi connectivity index (χ0n) is 11.6. The molecule has 6 nitrogen and oxygen atoms in total. The number of benzene rings is 2. The van der Waals surface area contributed by atoms with Gasteiger partial charge in [-0.2, -0.15) is 4.98 Å². The van der Waals surface area contributed by atoms with Gasteiger partial charge in [0.1, 0.15) is 12.4 Å². The quantitative estimate of drug-likeness (QED) is 0.672. The summed E-state index contributed by atoms with van der Waals surface area (Å²) in [6, 6.07) is 15.3. The van der Waals surface area contributed by atoms with Crippen LogP contribution in [0.25, 0.3) is 0 Å². The molecule has 0 saturated heterocycles. The molecular formula is C15H14ClN5O. The Morgan fingerprint density at radius 1 is 1.18 bits per heavy atom. The number of nitrogens with zero attached hydrogens (tertiary/aromatic N) is 2. The minimum absolute atomic E-state index is 0.247. The molecule has 3 rings (SSSR count). The Labute approximate surface area is 132 Å². The first-order valence-corrected chi connectivity index (χ1v) is 7.00. The SMILES string of the molecule is Nc1nc(Nc2ccc(OCc3ccccc3)c(Cl)c2)n[nH]1. The minimum Gasteiger partial charge on any atom is -0.487 e. The van der Waals surface area contributed by atoms with E-state index in [4.69, 9.17) is 22.1 Å². The van der Waals surface area contributed by atoms with Gasteiger partial charge in [-0.25, -0.2) is 5.10 Å². The Morgan fingerprint density at radius 3 is 2.68 bits per heavy atom. The molecule has 2 aromatic carbocycles. The van der Waals surface area contributed by atoms with Gasteiger partial charge >= 0.3 is 0 Å². The van der Waals surface area contributed by atoms with Crippen LogP contribution in [0.2, 0.25) is 5.02 Å². The standard InChI is InChI=1S/C15H14ClN5O/c16-12-8-11(18-15-19-14(17)20-21-15)6-7-13(12)22-9-10-4-2-1-3-5-10/h1-8H,9H2,(H4,17,18,19,20,21). The van der Waals surface area contributed by atoms with Gasteiger partial charge in [-0.05, 0) is 23.8 Å². The van der Waals surface area contributed by atoms with E-state index in [1.165, 1.54) is 0 Å². The van der Waals surface area contributed by atoms with Crippen LogP contribution in [0.1, 0.15) is 5.56 Å². The largest absolute Gasteiger partial charge is 0.487 e. The predicted octanol–water partition coefficient (Wildman–Crippen LogP) is 3.36. The normalized spacial score (nSPS) is 10.4. The lowest BCUT2D eigenvalue weighted by Gasteiger charge is -2.10. The monoisotopic (exact) mass is 315 g/mol. The molecule has 0 aliphatic heterocycles. The average molecular weight is 316 g/mol. The maximum absolute atomic E-state index is 6.23. The van der Waals surface area contributed by atoms with Crippen LogP contribution in [0.5, 0.6) is 5.75 Å². The Kier molecular flexibility index (Phi) is 4.11. The smallest absolute Gasteiger partial charge is 0.248 e. The molecule has 0 aliphatic carbocycles. The van der Waals surface area contributed by atoms with E-state index < -0.39 is 0 Å². The number of nitrogen functional groups attached to an aromatic ring is 1. The lowest BCUT2D eigenvalue weighted by Crippen LogP contribution is -1.97. The molecule has 0 fully saturated rings. The molecule has 0 unspecified atom stereocenters. The van der Waals surface area contributed by atoms with E-state index in [0.29, 0.717) is 23.3 Å². The van der Waals surface area contributed by atoms with E-state index in [2.05, 4.69) is 20.5 Å². The first-order valence-electron chi connectivity index (χ1n) is 6.62. The molecule has 1 heterocycles. The Morgan fingerprint density at radius 2 is 2.00 bits per heavy atom. The molecule has 4 N–H and O–H groups in total. The van der Waals surface area contributed by atoms with Crippen molar-refractivity contribution in [3.8, 4) is 5.75 Å². The molecule has 0 bridgehead atoms. The van der Waals surface area contributed by atoms with Crippen LogP contribution in [0.3, 0.4) is 0 Å². The molecule has 3 aromatic rings. The highest BCUT2D eigenvalue weighted by Gasteiger charge is 2.06. The van der Waals surface area contributed by atoms with Gasteiger partial charge in [-0.3, -0.25) is 0 Å². The predicted molar refractivity (Wildman–Crippen MR) is 86.3 cm³/mol. The highest BCUT2D eigenvalue weighted by molar-refractivity contribution is 6.32. The first-order chi connectivity index (χ1) is 10.7. The Hall–Kier alpha value is -2.73. The fraction of sp³-hybridized carbons (Fsp3) is 0.0667. The fourth-order valence-electron chi connectivity index (χ4n) is 1.89. The Balaban J connectivity index is 1.67. The number of hydrogen-bond donors (Lipinski definition) is 3. The van der Waals surface area contributed by atoms with Crippen LogP contribution >= 0.6 is 11.6 Å². The molecular weight excluding hydrogens is 302 g/mol. The van der Waals surface area contributed by atoms with Crippen molar-refractivity contribution >= 4 is 29.2 Å². The fourth-order valence-corrected chi connectivity index (χ4v) is 2.13. The molecule has 22 heavy (non-hydrogen) atoms. The molecule has 0 saturated carbocycles. The summed E-state index contributed by atoms with van der Waals surface area (Å²) in [6.07, 6.45) is 0. The zero-order valence-corrected chi connectivity index (χ0v) is 12.3. The van der Waals surface area contributed by atoms with Crippen molar-refractivity contribution in [1.82, 2.24) is 15.2 Å². The molecule has 112 valence electrons. The second-order valence-electron chi connectivity index (χ2n) is 4.59. The number of H-pyrrole nitrogens is 1. The number of nitrogens with two attached hydrogens (primary N) is 1. The van der Waals surface area contributed by atoms with E-state index in [-0.39, 0.29) is 5.95 Å². The van der Waals surface area contributed by atoms with Crippen molar-refractivity contribution in [3.63, 3.8) is 0 Å².